The number of nitrogens with one attached hydrogen (secondary N) is 1. The Bertz CT molecular complexity index is 428. The molecule has 3 heterocycles. The van der Waals surface area contributed by atoms with Crippen molar-refractivity contribution >= 4 is 11.8 Å². The lowest BCUT2D eigenvalue weighted by molar-refractivity contribution is 0.181. The smallest absolute Gasteiger partial charge is 0.414 e. The van der Waals surface area contributed by atoms with Crippen molar-refractivity contribution in [2.75, 3.05) is 18.1 Å². The molecule has 1 atom stereocenters. The van der Waals surface area contributed by atoms with Crippen LogP contribution >= 0.6 is 0 Å². The molecule has 1 aromatic rings. The standard InChI is InChI=1S/C10H14N4O2/c1-7-6-14-9(4-11-7)8(5-12-14)13-2-3-16-10(13)15/h5,7,11H,2-4,6H2,1H3. The zero-order valence-electron chi connectivity index (χ0n) is 9.14. The number of fused-ring (bicyclic) bond motifs is 1. The molecule has 1 fully saturated rings. The molecule has 0 spiro atoms. The number of aromatic nitrogens is 2. The summed E-state index contributed by atoms with van der Waals surface area (Å²) in [6, 6.07) is 0.422. The monoisotopic (exact) mass is 222 g/mol. The third-order valence-electron chi connectivity index (χ3n) is 3.04. The van der Waals surface area contributed by atoms with Crippen molar-refractivity contribution < 1.29 is 9.53 Å². The molecule has 1 amide bonds. The van der Waals surface area contributed by atoms with Gasteiger partial charge in [-0.2, -0.15) is 5.10 Å². The lowest BCUT2D eigenvalue weighted by Gasteiger charge is -2.23. The molecule has 2 aliphatic heterocycles. The molecule has 1 saturated heterocycles. The van der Waals surface area contributed by atoms with Crippen molar-refractivity contribution in [2.24, 2.45) is 0 Å². The molecule has 16 heavy (non-hydrogen) atoms. The SMILES string of the molecule is CC1Cn2ncc(N3CCOC3=O)c2CN1. The largest absolute Gasteiger partial charge is 0.447 e. The van der Waals surface area contributed by atoms with Crippen LogP contribution < -0.4 is 10.2 Å². The summed E-state index contributed by atoms with van der Waals surface area (Å²) in [5, 5.41) is 7.68. The van der Waals surface area contributed by atoms with E-state index in [4.69, 9.17) is 4.74 Å². The van der Waals surface area contributed by atoms with Gasteiger partial charge in [-0.3, -0.25) is 9.58 Å². The lowest BCUT2D eigenvalue weighted by Crippen LogP contribution is -2.37. The summed E-state index contributed by atoms with van der Waals surface area (Å²) in [5.74, 6) is 0. The van der Waals surface area contributed by atoms with Crippen LogP contribution in [-0.2, 0) is 17.8 Å². The van der Waals surface area contributed by atoms with Crippen LogP contribution in [0.4, 0.5) is 10.5 Å². The molecule has 1 N–H and O–H groups in total. The van der Waals surface area contributed by atoms with Crippen molar-refractivity contribution in [3.8, 4) is 0 Å². The zero-order valence-corrected chi connectivity index (χ0v) is 9.14. The molecular weight excluding hydrogens is 208 g/mol. The fourth-order valence-corrected chi connectivity index (χ4v) is 2.17. The minimum absolute atomic E-state index is 0.269. The van der Waals surface area contributed by atoms with Gasteiger partial charge in [0.25, 0.3) is 0 Å². The summed E-state index contributed by atoms with van der Waals surface area (Å²) in [4.78, 5) is 13.1. The molecule has 0 radical (unpaired) electrons. The number of carbonyl (C=O) groups excluding carboxylic acids is 1. The number of amides is 1. The maximum absolute atomic E-state index is 11.5. The van der Waals surface area contributed by atoms with Gasteiger partial charge in [-0.05, 0) is 6.92 Å². The quantitative estimate of drug-likeness (QED) is 0.744. The molecule has 86 valence electrons. The van der Waals surface area contributed by atoms with E-state index in [9.17, 15) is 4.79 Å². The van der Waals surface area contributed by atoms with Gasteiger partial charge in [-0.15, -0.1) is 0 Å². The predicted molar refractivity (Wildman–Crippen MR) is 57.2 cm³/mol. The predicted octanol–water partition coefficient (Wildman–Crippen LogP) is 0.331. The van der Waals surface area contributed by atoms with Gasteiger partial charge in [-0.25, -0.2) is 4.79 Å². The summed E-state index contributed by atoms with van der Waals surface area (Å²) >= 11 is 0. The van der Waals surface area contributed by atoms with Gasteiger partial charge in [0.15, 0.2) is 0 Å². The van der Waals surface area contributed by atoms with Crippen LogP contribution in [-0.4, -0.2) is 35.1 Å². The second-order valence-electron chi connectivity index (χ2n) is 4.21. The van der Waals surface area contributed by atoms with E-state index < -0.39 is 0 Å². The van der Waals surface area contributed by atoms with Crippen molar-refractivity contribution in [3.05, 3.63) is 11.9 Å². The second kappa shape index (κ2) is 3.48. The van der Waals surface area contributed by atoms with Gasteiger partial charge in [0.2, 0.25) is 0 Å². The third kappa shape index (κ3) is 1.37. The molecule has 0 aliphatic carbocycles. The highest BCUT2D eigenvalue weighted by molar-refractivity contribution is 5.89. The fourth-order valence-electron chi connectivity index (χ4n) is 2.17. The van der Waals surface area contributed by atoms with Crippen LogP contribution in [0.25, 0.3) is 0 Å². The maximum Gasteiger partial charge on any atom is 0.414 e. The van der Waals surface area contributed by atoms with E-state index >= 15 is 0 Å². The number of nitrogens with zero attached hydrogens (tertiary/aromatic N) is 3. The Morgan fingerprint density at radius 1 is 1.62 bits per heavy atom. The number of hydrogen-bond acceptors (Lipinski definition) is 4. The van der Waals surface area contributed by atoms with E-state index in [0.717, 1.165) is 24.5 Å². The Balaban J connectivity index is 1.94. The highest BCUT2D eigenvalue weighted by atomic mass is 16.6. The molecular formula is C10H14N4O2. The summed E-state index contributed by atoms with van der Waals surface area (Å²) in [6.45, 7) is 4.80. The van der Waals surface area contributed by atoms with Crippen LogP contribution in [0.3, 0.4) is 0 Å². The second-order valence-corrected chi connectivity index (χ2v) is 4.21. The van der Waals surface area contributed by atoms with Gasteiger partial charge in [0.1, 0.15) is 6.61 Å². The van der Waals surface area contributed by atoms with Crippen LogP contribution in [0.2, 0.25) is 0 Å². The van der Waals surface area contributed by atoms with E-state index in [2.05, 4.69) is 17.3 Å². The Morgan fingerprint density at radius 3 is 3.25 bits per heavy atom. The van der Waals surface area contributed by atoms with E-state index in [-0.39, 0.29) is 6.09 Å². The average Bonchev–Trinajstić information content (AvgIpc) is 2.83. The Hall–Kier alpha value is -1.56. The Morgan fingerprint density at radius 2 is 2.50 bits per heavy atom. The first-order chi connectivity index (χ1) is 7.75. The first kappa shape index (κ1) is 9.65. The molecule has 1 unspecified atom stereocenters. The number of ether oxygens (including phenoxy) is 1. The summed E-state index contributed by atoms with van der Waals surface area (Å²) in [7, 11) is 0. The van der Waals surface area contributed by atoms with Gasteiger partial charge in [0.05, 0.1) is 30.7 Å². The minimum atomic E-state index is -0.269. The lowest BCUT2D eigenvalue weighted by atomic mass is 10.2. The molecule has 0 aromatic carbocycles. The van der Waals surface area contributed by atoms with Crippen LogP contribution in [0.5, 0.6) is 0 Å². The molecule has 0 bridgehead atoms. The molecule has 6 nitrogen and oxygen atoms in total. The Kier molecular flexibility index (Phi) is 2.10. The number of hydrogen-bond donors (Lipinski definition) is 1. The molecule has 0 saturated carbocycles. The first-order valence-electron chi connectivity index (χ1n) is 5.48. The first-order valence-corrected chi connectivity index (χ1v) is 5.48. The van der Waals surface area contributed by atoms with Gasteiger partial charge in [0, 0.05) is 12.6 Å². The van der Waals surface area contributed by atoms with Crippen molar-refractivity contribution in [2.45, 2.75) is 26.1 Å². The van der Waals surface area contributed by atoms with E-state index in [1.54, 1.807) is 11.1 Å². The zero-order chi connectivity index (χ0) is 11.1. The number of rotatable bonds is 1. The molecule has 2 aliphatic rings. The van der Waals surface area contributed by atoms with E-state index in [1.165, 1.54) is 0 Å². The number of anilines is 1. The summed E-state index contributed by atoms with van der Waals surface area (Å²) < 4.78 is 6.89. The normalized spacial score (nSPS) is 24.4. The highest BCUT2D eigenvalue weighted by Crippen LogP contribution is 2.25. The minimum Gasteiger partial charge on any atom is -0.447 e. The van der Waals surface area contributed by atoms with E-state index in [0.29, 0.717) is 19.2 Å². The molecule has 1 aromatic heterocycles. The third-order valence-corrected chi connectivity index (χ3v) is 3.04. The van der Waals surface area contributed by atoms with Crippen LogP contribution in [0, 0.1) is 0 Å². The van der Waals surface area contributed by atoms with Crippen molar-refractivity contribution in [1.82, 2.24) is 15.1 Å². The Labute approximate surface area is 93.2 Å². The van der Waals surface area contributed by atoms with Crippen LogP contribution in [0.1, 0.15) is 12.6 Å². The summed E-state index contributed by atoms with van der Waals surface area (Å²) in [5.41, 5.74) is 1.94. The number of carbonyl (C=O) groups is 1. The summed E-state index contributed by atoms with van der Waals surface area (Å²) in [6.07, 6.45) is 1.48. The average molecular weight is 222 g/mol. The maximum atomic E-state index is 11.5. The fraction of sp³-hybridized carbons (Fsp3) is 0.600. The van der Waals surface area contributed by atoms with Crippen LogP contribution in [0.15, 0.2) is 6.20 Å². The topological polar surface area (TPSA) is 59.4 Å². The van der Waals surface area contributed by atoms with Crippen molar-refractivity contribution in [3.63, 3.8) is 0 Å². The highest BCUT2D eigenvalue weighted by Gasteiger charge is 2.29. The van der Waals surface area contributed by atoms with Gasteiger partial charge >= 0.3 is 6.09 Å². The van der Waals surface area contributed by atoms with Gasteiger partial charge in [-0.1, -0.05) is 0 Å². The number of cyclic esters (lactones) is 1. The molecule has 3 rings (SSSR count). The molecule has 6 heteroatoms. The van der Waals surface area contributed by atoms with E-state index in [1.807, 2.05) is 4.68 Å². The van der Waals surface area contributed by atoms with Crippen molar-refractivity contribution in [1.29, 1.82) is 0 Å². The van der Waals surface area contributed by atoms with Gasteiger partial charge < -0.3 is 10.1 Å².